The van der Waals surface area contributed by atoms with Crippen LogP contribution < -0.4 is 4.90 Å². The van der Waals surface area contributed by atoms with Crippen LogP contribution in [0.1, 0.15) is 23.6 Å². The molecular weight excluding hydrogens is 687 g/mol. The first-order valence-electron chi connectivity index (χ1n) is 19.5. The van der Waals surface area contributed by atoms with E-state index in [4.69, 9.17) is 0 Å². The molecule has 0 amide bonds. The fraction of sp³-hybridized carbons (Fsp3) is 0.0357. The van der Waals surface area contributed by atoms with Gasteiger partial charge in [-0.3, -0.25) is 0 Å². The lowest BCUT2D eigenvalue weighted by Crippen LogP contribution is -2.10. The zero-order chi connectivity index (χ0) is 39.1. The highest BCUT2D eigenvalue weighted by atomic mass is 15.1. The van der Waals surface area contributed by atoms with E-state index in [0.29, 0.717) is 0 Å². The minimum Gasteiger partial charge on any atom is -0.310 e. The molecule has 0 heterocycles. The molecule has 0 bridgehead atoms. The molecule has 8 aromatic carbocycles. The molecule has 0 aliphatic heterocycles. The average molecular weight is 732 g/mol. The van der Waals surface area contributed by atoms with Gasteiger partial charge in [0.05, 0.1) is 0 Å². The second-order valence-corrected chi connectivity index (χ2v) is 14.3. The molecule has 1 nitrogen and oxygen atoms in total. The van der Waals surface area contributed by atoms with Crippen LogP contribution in [0.2, 0.25) is 0 Å². The number of aryl methyl sites for hydroxylation is 1. The zero-order valence-corrected chi connectivity index (χ0v) is 32.6. The van der Waals surface area contributed by atoms with E-state index in [1.165, 1.54) is 49.7 Å². The van der Waals surface area contributed by atoms with Crippen LogP contribution in [0.15, 0.2) is 219 Å². The minimum absolute atomic E-state index is 1.05. The Balaban J connectivity index is 1.24. The number of anilines is 3. The van der Waals surface area contributed by atoms with Crippen molar-refractivity contribution in [2.45, 2.75) is 13.8 Å². The van der Waals surface area contributed by atoms with Gasteiger partial charge in [-0.05, 0) is 140 Å². The summed E-state index contributed by atoms with van der Waals surface area (Å²) >= 11 is 0. The summed E-state index contributed by atoms with van der Waals surface area (Å²) in [7, 11) is 0. The molecule has 0 radical (unpaired) electrons. The van der Waals surface area contributed by atoms with Crippen molar-refractivity contribution in [1.29, 1.82) is 0 Å². The van der Waals surface area contributed by atoms with E-state index >= 15 is 0 Å². The highest BCUT2D eigenvalue weighted by Crippen LogP contribution is 2.42. The van der Waals surface area contributed by atoms with Crippen LogP contribution in [-0.2, 0) is 0 Å². The first-order valence-corrected chi connectivity index (χ1v) is 19.5. The van der Waals surface area contributed by atoms with E-state index in [1.807, 2.05) is 12.2 Å². The minimum atomic E-state index is 1.05. The van der Waals surface area contributed by atoms with E-state index < -0.39 is 0 Å². The van der Waals surface area contributed by atoms with Crippen molar-refractivity contribution in [2.24, 2.45) is 0 Å². The Hall–Kier alpha value is -7.22. The third kappa shape index (κ3) is 7.83. The second-order valence-electron chi connectivity index (χ2n) is 14.3. The Kier molecular flexibility index (Phi) is 10.7. The Morgan fingerprint density at radius 1 is 0.474 bits per heavy atom. The SMILES string of the molecule is C=C/C=C(\C=C)c1ccc(-c2ccc(N(c3ccc(-c4ccc(C)c(/C=C\C)c4)cc3)c3ccc(-c4ccc5ccccc5c4)cc3)cc2-c2ccccc2)cc1. The van der Waals surface area contributed by atoms with Crippen LogP contribution in [0.3, 0.4) is 0 Å². The molecule has 0 spiro atoms. The molecule has 0 aromatic heterocycles. The van der Waals surface area contributed by atoms with Crippen LogP contribution in [-0.4, -0.2) is 0 Å². The fourth-order valence-electron chi connectivity index (χ4n) is 7.63. The number of benzene rings is 8. The van der Waals surface area contributed by atoms with Crippen molar-refractivity contribution in [3.8, 4) is 44.5 Å². The largest absolute Gasteiger partial charge is 0.310 e. The van der Waals surface area contributed by atoms with Crippen LogP contribution in [0, 0.1) is 6.92 Å². The summed E-state index contributed by atoms with van der Waals surface area (Å²) in [4.78, 5) is 2.37. The molecule has 8 aromatic rings. The summed E-state index contributed by atoms with van der Waals surface area (Å²) in [5.74, 6) is 0. The maximum absolute atomic E-state index is 4.01. The molecule has 0 fully saturated rings. The molecule has 1 heteroatoms. The molecule has 0 aliphatic carbocycles. The van der Waals surface area contributed by atoms with Gasteiger partial charge < -0.3 is 4.90 Å². The summed E-state index contributed by atoms with van der Waals surface area (Å²) < 4.78 is 0. The normalized spacial score (nSPS) is 11.5. The van der Waals surface area contributed by atoms with Crippen LogP contribution in [0.25, 0.3) is 66.9 Å². The van der Waals surface area contributed by atoms with Crippen molar-refractivity contribution < 1.29 is 0 Å². The van der Waals surface area contributed by atoms with Gasteiger partial charge >= 0.3 is 0 Å². The van der Waals surface area contributed by atoms with Gasteiger partial charge in [-0.2, -0.15) is 0 Å². The lowest BCUT2D eigenvalue weighted by atomic mass is 9.92. The van der Waals surface area contributed by atoms with Crippen molar-refractivity contribution in [3.63, 3.8) is 0 Å². The third-order valence-corrected chi connectivity index (χ3v) is 10.7. The monoisotopic (exact) mass is 731 g/mol. The van der Waals surface area contributed by atoms with Gasteiger partial charge in [-0.1, -0.05) is 177 Å². The highest BCUT2D eigenvalue weighted by molar-refractivity contribution is 5.91. The van der Waals surface area contributed by atoms with Crippen molar-refractivity contribution in [3.05, 3.63) is 236 Å². The molecule has 0 saturated heterocycles. The van der Waals surface area contributed by atoms with Gasteiger partial charge in [0.2, 0.25) is 0 Å². The van der Waals surface area contributed by atoms with Gasteiger partial charge in [0.25, 0.3) is 0 Å². The number of rotatable bonds is 11. The number of fused-ring (bicyclic) bond motifs is 1. The molecular formula is C56H45N. The number of nitrogens with zero attached hydrogens (tertiary/aromatic N) is 1. The molecule has 8 rings (SSSR count). The summed E-state index contributed by atoms with van der Waals surface area (Å²) in [6.45, 7) is 12.1. The quantitative estimate of drug-likeness (QED) is 0.120. The molecule has 0 unspecified atom stereocenters. The van der Waals surface area contributed by atoms with Crippen LogP contribution in [0.5, 0.6) is 0 Å². The van der Waals surface area contributed by atoms with E-state index in [0.717, 1.165) is 44.9 Å². The van der Waals surface area contributed by atoms with E-state index in [-0.39, 0.29) is 0 Å². The Labute approximate surface area is 337 Å². The van der Waals surface area contributed by atoms with Gasteiger partial charge in [0.1, 0.15) is 0 Å². The fourth-order valence-corrected chi connectivity index (χ4v) is 7.63. The smallest absolute Gasteiger partial charge is 0.0468 e. The van der Waals surface area contributed by atoms with E-state index in [1.54, 1.807) is 6.08 Å². The molecule has 0 aliphatic rings. The number of allylic oxidation sites excluding steroid dienone is 5. The lowest BCUT2D eigenvalue weighted by Gasteiger charge is -2.27. The predicted molar refractivity (Wildman–Crippen MR) is 248 cm³/mol. The van der Waals surface area contributed by atoms with E-state index in [2.05, 4.69) is 226 Å². The maximum Gasteiger partial charge on any atom is 0.0468 e. The summed E-state index contributed by atoms with van der Waals surface area (Å²) in [6, 6.07) is 66.1. The average Bonchev–Trinajstić information content (AvgIpc) is 3.27. The van der Waals surface area contributed by atoms with Gasteiger partial charge in [-0.15, -0.1) is 0 Å². The standard InChI is InChI=1S/C56H45N/c1-5-13-41(7-3)43-21-24-47(25-22-43)55-36-35-54(39-56(55)46-16-9-8-10-17-46)57(52-31-27-44(28-32-52)50-20-19-40(4)48(37-50)14-6-2)53-33-29-45(30-34-53)51-26-23-42-15-11-12-18-49(42)38-51/h5-39H,1,3H2,2,4H3/b14-6-,41-13+. The molecule has 274 valence electrons. The number of hydrogen-bond donors (Lipinski definition) is 0. The van der Waals surface area contributed by atoms with Gasteiger partial charge in [-0.25, -0.2) is 0 Å². The van der Waals surface area contributed by atoms with Crippen LogP contribution in [0.4, 0.5) is 17.1 Å². The van der Waals surface area contributed by atoms with Gasteiger partial charge in [0, 0.05) is 17.1 Å². The van der Waals surface area contributed by atoms with Gasteiger partial charge in [0.15, 0.2) is 0 Å². The third-order valence-electron chi connectivity index (χ3n) is 10.7. The summed E-state index contributed by atoms with van der Waals surface area (Å²) in [5, 5.41) is 2.49. The number of hydrogen-bond acceptors (Lipinski definition) is 1. The second kappa shape index (κ2) is 16.7. The first kappa shape index (κ1) is 36.7. The topological polar surface area (TPSA) is 3.24 Å². The maximum atomic E-state index is 4.01. The highest BCUT2D eigenvalue weighted by Gasteiger charge is 2.17. The predicted octanol–water partition coefficient (Wildman–Crippen LogP) is 16.1. The van der Waals surface area contributed by atoms with E-state index in [9.17, 15) is 0 Å². The lowest BCUT2D eigenvalue weighted by molar-refractivity contribution is 1.28. The van der Waals surface area contributed by atoms with Crippen LogP contribution >= 0.6 is 0 Å². The summed E-state index contributed by atoms with van der Waals surface area (Å²) in [5.41, 5.74) is 17.3. The molecule has 0 atom stereocenters. The molecule has 57 heavy (non-hydrogen) atoms. The van der Waals surface area contributed by atoms with Crippen molar-refractivity contribution in [1.82, 2.24) is 0 Å². The van der Waals surface area contributed by atoms with Crippen molar-refractivity contribution >= 4 is 39.5 Å². The Morgan fingerprint density at radius 3 is 1.68 bits per heavy atom. The summed E-state index contributed by atoms with van der Waals surface area (Å²) in [6.07, 6.45) is 9.94. The first-order chi connectivity index (χ1) is 28.0. The molecule has 0 saturated carbocycles. The zero-order valence-electron chi connectivity index (χ0n) is 32.6. The van der Waals surface area contributed by atoms with Crippen molar-refractivity contribution in [2.75, 3.05) is 4.90 Å². The Bertz CT molecular complexity index is 2750. The Morgan fingerprint density at radius 2 is 1.04 bits per heavy atom. The molecule has 0 N–H and O–H groups in total.